The number of carbonyl (C=O) groups is 1. The summed E-state index contributed by atoms with van der Waals surface area (Å²) in [7, 11) is 0. The van der Waals surface area contributed by atoms with Gasteiger partial charge in [-0.1, -0.05) is 6.92 Å². The minimum absolute atomic E-state index is 0.152. The lowest BCUT2D eigenvalue weighted by atomic mass is 10.2. The SMILES string of the molecule is CCc1cc(C(=O)O)cc(N2CCOC(C)C2)n1. The summed E-state index contributed by atoms with van der Waals surface area (Å²) in [5, 5.41) is 9.11. The van der Waals surface area contributed by atoms with Crippen LogP contribution in [0, 0.1) is 0 Å². The van der Waals surface area contributed by atoms with Gasteiger partial charge in [0.05, 0.1) is 18.3 Å². The predicted molar refractivity (Wildman–Crippen MR) is 68.2 cm³/mol. The number of carboxylic acids is 1. The number of pyridine rings is 1. The molecule has 1 saturated heterocycles. The number of morpholine rings is 1. The third-order valence-electron chi connectivity index (χ3n) is 3.04. The number of hydrogen-bond donors (Lipinski definition) is 1. The fourth-order valence-electron chi connectivity index (χ4n) is 2.07. The van der Waals surface area contributed by atoms with Crippen molar-refractivity contribution in [2.75, 3.05) is 24.6 Å². The van der Waals surface area contributed by atoms with Crippen LogP contribution in [0.3, 0.4) is 0 Å². The Hall–Kier alpha value is -1.62. The fourth-order valence-corrected chi connectivity index (χ4v) is 2.07. The van der Waals surface area contributed by atoms with Crippen LogP contribution in [-0.2, 0) is 11.2 Å². The van der Waals surface area contributed by atoms with Crippen molar-refractivity contribution in [1.82, 2.24) is 4.98 Å². The van der Waals surface area contributed by atoms with Crippen LogP contribution in [0.4, 0.5) is 5.82 Å². The molecule has 1 aliphatic rings. The molecule has 1 fully saturated rings. The van der Waals surface area contributed by atoms with E-state index in [4.69, 9.17) is 9.84 Å². The second-order valence-corrected chi connectivity index (χ2v) is 4.49. The maximum absolute atomic E-state index is 11.1. The van der Waals surface area contributed by atoms with Gasteiger partial charge in [0.1, 0.15) is 5.82 Å². The third kappa shape index (κ3) is 2.79. The molecule has 1 aliphatic heterocycles. The highest BCUT2D eigenvalue weighted by molar-refractivity contribution is 5.88. The van der Waals surface area contributed by atoms with Crippen molar-refractivity contribution < 1.29 is 14.6 Å². The van der Waals surface area contributed by atoms with Gasteiger partial charge in [-0.3, -0.25) is 0 Å². The second kappa shape index (κ2) is 5.35. The predicted octanol–water partition coefficient (Wildman–Crippen LogP) is 1.57. The van der Waals surface area contributed by atoms with Gasteiger partial charge in [-0.2, -0.15) is 0 Å². The molecule has 0 saturated carbocycles. The summed E-state index contributed by atoms with van der Waals surface area (Å²) in [5.41, 5.74) is 1.11. The lowest BCUT2D eigenvalue weighted by Crippen LogP contribution is -2.41. The monoisotopic (exact) mass is 250 g/mol. The minimum atomic E-state index is -0.908. The molecule has 2 rings (SSSR count). The van der Waals surface area contributed by atoms with Crippen molar-refractivity contribution in [3.8, 4) is 0 Å². The molecule has 0 bridgehead atoms. The van der Waals surface area contributed by atoms with E-state index in [1.165, 1.54) is 0 Å². The Bertz CT molecular complexity index is 448. The third-order valence-corrected chi connectivity index (χ3v) is 3.04. The van der Waals surface area contributed by atoms with E-state index < -0.39 is 5.97 Å². The zero-order valence-corrected chi connectivity index (χ0v) is 10.7. The van der Waals surface area contributed by atoms with Crippen LogP contribution in [0.1, 0.15) is 29.9 Å². The largest absolute Gasteiger partial charge is 0.478 e. The molecule has 5 heteroatoms. The Morgan fingerprint density at radius 2 is 2.39 bits per heavy atom. The number of rotatable bonds is 3. The molecule has 1 atom stereocenters. The molecule has 1 unspecified atom stereocenters. The molecule has 0 aliphatic carbocycles. The first-order valence-electron chi connectivity index (χ1n) is 6.21. The Morgan fingerprint density at radius 3 is 3.00 bits per heavy atom. The molecule has 2 heterocycles. The van der Waals surface area contributed by atoms with Crippen LogP contribution in [0.15, 0.2) is 12.1 Å². The van der Waals surface area contributed by atoms with Crippen LogP contribution >= 0.6 is 0 Å². The van der Waals surface area contributed by atoms with Gasteiger partial charge in [-0.15, -0.1) is 0 Å². The summed E-state index contributed by atoms with van der Waals surface area (Å²) in [6.45, 7) is 6.14. The topological polar surface area (TPSA) is 62.7 Å². The van der Waals surface area contributed by atoms with Crippen molar-refractivity contribution in [3.63, 3.8) is 0 Å². The molecule has 1 aromatic heterocycles. The molecule has 98 valence electrons. The number of hydrogen-bond acceptors (Lipinski definition) is 4. The van der Waals surface area contributed by atoms with Gasteiger partial charge in [0, 0.05) is 18.8 Å². The molecular weight excluding hydrogens is 232 g/mol. The smallest absolute Gasteiger partial charge is 0.335 e. The second-order valence-electron chi connectivity index (χ2n) is 4.49. The van der Waals surface area contributed by atoms with Gasteiger partial charge < -0.3 is 14.7 Å². The molecule has 1 N–H and O–H groups in total. The maximum atomic E-state index is 11.1. The number of ether oxygens (including phenoxy) is 1. The molecule has 18 heavy (non-hydrogen) atoms. The van der Waals surface area contributed by atoms with Gasteiger partial charge in [-0.05, 0) is 25.5 Å². The molecule has 0 spiro atoms. The molecule has 0 amide bonds. The van der Waals surface area contributed by atoms with Gasteiger partial charge >= 0.3 is 5.97 Å². The van der Waals surface area contributed by atoms with E-state index in [-0.39, 0.29) is 6.10 Å². The molecule has 5 nitrogen and oxygen atoms in total. The normalized spacial score (nSPS) is 19.9. The van der Waals surface area contributed by atoms with Crippen LogP contribution in [0.5, 0.6) is 0 Å². The first-order valence-corrected chi connectivity index (χ1v) is 6.21. The average molecular weight is 250 g/mol. The fraction of sp³-hybridized carbons (Fsp3) is 0.538. The summed E-state index contributed by atoms with van der Waals surface area (Å²) in [6, 6.07) is 3.27. The van der Waals surface area contributed by atoms with E-state index in [9.17, 15) is 4.79 Å². The van der Waals surface area contributed by atoms with Crippen molar-refractivity contribution in [2.24, 2.45) is 0 Å². The summed E-state index contributed by atoms with van der Waals surface area (Å²) in [6.07, 6.45) is 0.882. The van der Waals surface area contributed by atoms with Crippen molar-refractivity contribution in [3.05, 3.63) is 23.4 Å². The van der Waals surface area contributed by atoms with Crippen LogP contribution in [0.2, 0.25) is 0 Å². The van der Waals surface area contributed by atoms with Crippen LogP contribution < -0.4 is 4.90 Å². The lowest BCUT2D eigenvalue weighted by molar-refractivity contribution is 0.0529. The average Bonchev–Trinajstić information content (AvgIpc) is 2.38. The highest BCUT2D eigenvalue weighted by Gasteiger charge is 2.19. The summed E-state index contributed by atoms with van der Waals surface area (Å²) in [5.74, 6) is -0.170. The number of carboxylic acid groups (broad SMARTS) is 1. The van der Waals surface area contributed by atoms with Crippen molar-refractivity contribution >= 4 is 11.8 Å². The summed E-state index contributed by atoms with van der Waals surface area (Å²) in [4.78, 5) is 17.7. The summed E-state index contributed by atoms with van der Waals surface area (Å²) < 4.78 is 5.48. The zero-order chi connectivity index (χ0) is 13.1. The van der Waals surface area contributed by atoms with E-state index in [0.29, 0.717) is 12.2 Å². The highest BCUT2D eigenvalue weighted by atomic mass is 16.5. The van der Waals surface area contributed by atoms with Gasteiger partial charge in [0.25, 0.3) is 0 Å². The number of aromatic nitrogens is 1. The molecular formula is C13H18N2O3. The Labute approximate surface area is 106 Å². The van der Waals surface area contributed by atoms with Crippen LogP contribution in [-0.4, -0.2) is 41.9 Å². The van der Waals surface area contributed by atoms with Gasteiger partial charge in [0.15, 0.2) is 0 Å². The Balaban J connectivity index is 2.31. The van der Waals surface area contributed by atoms with Crippen molar-refractivity contribution in [1.29, 1.82) is 0 Å². The quantitative estimate of drug-likeness (QED) is 0.882. The number of nitrogens with zero attached hydrogens (tertiary/aromatic N) is 2. The van der Waals surface area contributed by atoms with E-state index in [0.717, 1.165) is 31.0 Å². The van der Waals surface area contributed by atoms with Crippen molar-refractivity contribution in [2.45, 2.75) is 26.4 Å². The van der Waals surface area contributed by atoms with Gasteiger partial charge in [-0.25, -0.2) is 9.78 Å². The number of anilines is 1. The summed E-state index contributed by atoms with van der Waals surface area (Å²) >= 11 is 0. The van der Waals surface area contributed by atoms with Gasteiger partial charge in [0.2, 0.25) is 0 Å². The lowest BCUT2D eigenvalue weighted by Gasteiger charge is -2.32. The first kappa shape index (κ1) is 12.8. The molecule has 0 aromatic carbocycles. The Kier molecular flexibility index (Phi) is 3.81. The first-order chi connectivity index (χ1) is 8.60. The highest BCUT2D eigenvalue weighted by Crippen LogP contribution is 2.18. The molecule has 0 radical (unpaired) electrons. The number of aryl methyl sites for hydroxylation is 1. The standard InChI is InChI=1S/C13H18N2O3/c1-3-11-6-10(13(16)17)7-12(14-11)15-4-5-18-9(2)8-15/h6-7,9H,3-5,8H2,1-2H3,(H,16,17). The van der Waals surface area contributed by atoms with E-state index in [2.05, 4.69) is 9.88 Å². The molecule has 1 aromatic rings. The van der Waals surface area contributed by atoms with Crippen LogP contribution in [0.25, 0.3) is 0 Å². The zero-order valence-electron chi connectivity index (χ0n) is 10.7. The minimum Gasteiger partial charge on any atom is -0.478 e. The maximum Gasteiger partial charge on any atom is 0.335 e. The van der Waals surface area contributed by atoms with E-state index in [1.807, 2.05) is 13.8 Å². The van der Waals surface area contributed by atoms with E-state index in [1.54, 1.807) is 12.1 Å². The number of aromatic carboxylic acids is 1. The Morgan fingerprint density at radius 1 is 1.61 bits per heavy atom. The van der Waals surface area contributed by atoms with E-state index >= 15 is 0 Å².